The van der Waals surface area contributed by atoms with Crippen molar-refractivity contribution in [2.24, 2.45) is 0 Å². The summed E-state index contributed by atoms with van der Waals surface area (Å²) in [7, 11) is 0. The molecule has 0 bridgehead atoms. The van der Waals surface area contributed by atoms with Crippen molar-refractivity contribution in [2.75, 3.05) is 0 Å². The summed E-state index contributed by atoms with van der Waals surface area (Å²) in [4.78, 5) is 0. The van der Waals surface area contributed by atoms with Gasteiger partial charge in [-0.25, -0.2) is 0 Å². The van der Waals surface area contributed by atoms with Gasteiger partial charge in [0.2, 0.25) is 0 Å². The molecule has 1 aliphatic rings. The lowest BCUT2D eigenvalue weighted by atomic mass is 9.78. The molecule has 0 amide bonds. The Balaban J connectivity index is 0.000000475. The normalized spacial score (nSPS) is 12.5. The zero-order valence-corrected chi connectivity index (χ0v) is 21.6. The standard InChI is InChI=1S/C27H20.3C2H6/c1-27(2)25-20-10-6-4-8-18(20)12-14-23(25)24-16-15-21-19-9-5-3-7-17(19)11-13-22(21)26(24)27;3*1-2/h3-16H,1-2H3;3*1-2H3. The van der Waals surface area contributed by atoms with E-state index in [9.17, 15) is 0 Å². The molecule has 6 rings (SSSR count). The van der Waals surface area contributed by atoms with Gasteiger partial charge in [-0.1, -0.05) is 140 Å². The lowest BCUT2D eigenvalue weighted by Crippen LogP contribution is -2.16. The topological polar surface area (TPSA) is 0 Å². The SMILES string of the molecule is CC.CC.CC.CC1(C)c2c(ccc3ccccc23)-c2ccc3c(ccc4ccccc43)c21. The molecule has 33 heavy (non-hydrogen) atoms. The minimum absolute atomic E-state index is 0.0203. The molecule has 0 saturated carbocycles. The Labute approximate surface area is 200 Å². The Bertz CT molecular complexity index is 1390. The first-order valence-corrected chi connectivity index (χ1v) is 12.6. The van der Waals surface area contributed by atoms with Crippen molar-refractivity contribution in [3.05, 3.63) is 96.1 Å². The van der Waals surface area contributed by atoms with Crippen LogP contribution in [0.15, 0.2) is 84.9 Å². The number of fused-ring (bicyclic) bond motifs is 9. The fourth-order valence-corrected chi connectivity index (χ4v) is 5.28. The highest BCUT2D eigenvalue weighted by atomic mass is 14.4. The van der Waals surface area contributed by atoms with Crippen molar-refractivity contribution < 1.29 is 0 Å². The van der Waals surface area contributed by atoms with Crippen molar-refractivity contribution in [3.63, 3.8) is 0 Å². The maximum atomic E-state index is 2.39. The Morgan fingerprint density at radius 3 is 1.45 bits per heavy atom. The van der Waals surface area contributed by atoms with Gasteiger partial charge in [0.25, 0.3) is 0 Å². The van der Waals surface area contributed by atoms with E-state index in [4.69, 9.17) is 0 Å². The van der Waals surface area contributed by atoms with Crippen LogP contribution in [0.25, 0.3) is 43.4 Å². The zero-order valence-electron chi connectivity index (χ0n) is 21.6. The summed E-state index contributed by atoms with van der Waals surface area (Å²) >= 11 is 0. The molecule has 0 radical (unpaired) electrons. The van der Waals surface area contributed by atoms with E-state index in [0.29, 0.717) is 0 Å². The number of benzene rings is 5. The quantitative estimate of drug-likeness (QED) is 0.213. The smallest absolute Gasteiger partial charge is 0.0171 e. The molecule has 0 unspecified atom stereocenters. The average molecular weight is 435 g/mol. The van der Waals surface area contributed by atoms with E-state index < -0.39 is 0 Å². The summed E-state index contributed by atoms with van der Waals surface area (Å²) in [6, 6.07) is 31.3. The Hall–Kier alpha value is -3.12. The van der Waals surface area contributed by atoms with Crippen LogP contribution in [0.3, 0.4) is 0 Å². The summed E-state index contributed by atoms with van der Waals surface area (Å²) < 4.78 is 0. The van der Waals surface area contributed by atoms with E-state index in [2.05, 4.69) is 98.8 Å². The van der Waals surface area contributed by atoms with Crippen LogP contribution in [0.2, 0.25) is 0 Å². The number of hydrogen-bond donors (Lipinski definition) is 0. The molecule has 5 aromatic rings. The highest BCUT2D eigenvalue weighted by Crippen LogP contribution is 2.53. The van der Waals surface area contributed by atoms with Crippen LogP contribution in [-0.2, 0) is 5.41 Å². The second-order valence-corrected chi connectivity index (χ2v) is 8.20. The molecule has 0 spiro atoms. The van der Waals surface area contributed by atoms with Crippen molar-refractivity contribution in [2.45, 2.75) is 60.8 Å². The summed E-state index contributed by atoms with van der Waals surface area (Å²) in [5.74, 6) is 0. The molecule has 0 nitrogen and oxygen atoms in total. The predicted octanol–water partition coefficient (Wildman–Crippen LogP) is 10.5. The fourth-order valence-electron chi connectivity index (χ4n) is 5.28. The zero-order chi connectivity index (χ0) is 24.2. The highest BCUT2D eigenvalue weighted by Gasteiger charge is 2.38. The number of rotatable bonds is 0. The van der Waals surface area contributed by atoms with Gasteiger partial charge in [0.15, 0.2) is 0 Å². The summed E-state index contributed by atoms with van der Waals surface area (Å²) in [5, 5.41) is 8.10. The molecule has 0 fully saturated rings. The molecular weight excluding hydrogens is 396 g/mol. The van der Waals surface area contributed by atoms with Gasteiger partial charge in [-0.15, -0.1) is 0 Å². The Morgan fingerprint density at radius 1 is 0.394 bits per heavy atom. The van der Waals surface area contributed by atoms with Crippen LogP contribution in [0.1, 0.15) is 66.5 Å². The lowest BCUT2D eigenvalue weighted by Gasteiger charge is -2.25. The maximum absolute atomic E-state index is 2.39. The second-order valence-electron chi connectivity index (χ2n) is 8.20. The predicted molar refractivity (Wildman–Crippen MR) is 151 cm³/mol. The number of hydrogen-bond acceptors (Lipinski definition) is 0. The first-order valence-electron chi connectivity index (χ1n) is 12.6. The minimum Gasteiger partial charge on any atom is -0.0683 e. The van der Waals surface area contributed by atoms with Crippen molar-refractivity contribution in [3.8, 4) is 11.1 Å². The fraction of sp³-hybridized carbons (Fsp3) is 0.273. The molecule has 0 heteroatoms. The van der Waals surface area contributed by atoms with E-state index in [1.807, 2.05) is 41.5 Å². The van der Waals surface area contributed by atoms with Gasteiger partial charge in [0.1, 0.15) is 0 Å². The highest BCUT2D eigenvalue weighted by molar-refractivity contribution is 6.12. The van der Waals surface area contributed by atoms with Crippen LogP contribution >= 0.6 is 0 Å². The maximum Gasteiger partial charge on any atom is 0.0171 e. The third-order valence-corrected chi connectivity index (χ3v) is 6.40. The van der Waals surface area contributed by atoms with E-state index in [1.165, 1.54) is 54.6 Å². The summed E-state index contributed by atoms with van der Waals surface area (Å²) in [6.07, 6.45) is 0. The summed E-state index contributed by atoms with van der Waals surface area (Å²) in [6.45, 7) is 16.8. The van der Waals surface area contributed by atoms with Crippen LogP contribution in [0, 0.1) is 0 Å². The van der Waals surface area contributed by atoms with Gasteiger partial charge in [-0.2, -0.15) is 0 Å². The van der Waals surface area contributed by atoms with Gasteiger partial charge in [0, 0.05) is 5.41 Å². The summed E-state index contributed by atoms with van der Waals surface area (Å²) in [5.41, 5.74) is 5.70. The third kappa shape index (κ3) is 3.82. The van der Waals surface area contributed by atoms with Crippen LogP contribution in [-0.4, -0.2) is 0 Å². The third-order valence-electron chi connectivity index (χ3n) is 6.40. The van der Waals surface area contributed by atoms with E-state index >= 15 is 0 Å². The van der Waals surface area contributed by atoms with E-state index in [1.54, 1.807) is 0 Å². The molecule has 0 atom stereocenters. The molecule has 1 aliphatic carbocycles. The second kappa shape index (κ2) is 10.2. The van der Waals surface area contributed by atoms with Gasteiger partial charge < -0.3 is 0 Å². The first kappa shape index (κ1) is 24.5. The van der Waals surface area contributed by atoms with Gasteiger partial charge in [0.05, 0.1) is 0 Å². The van der Waals surface area contributed by atoms with Gasteiger partial charge in [-0.05, 0) is 54.6 Å². The monoisotopic (exact) mass is 434 g/mol. The molecular formula is C33H38. The van der Waals surface area contributed by atoms with Crippen molar-refractivity contribution in [1.82, 2.24) is 0 Å². The van der Waals surface area contributed by atoms with Crippen LogP contribution in [0.4, 0.5) is 0 Å². The Kier molecular flexibility index (Phi) is 7.59. The molecule has 170 valence electrons. The molecule has 0 aliphatic heterocycles. The average Bonchev–Trinajstić information content (AvgIpc) is 3.14. The molecule has 5 aromatic carbocycles. The lowest BCUT2D eigenvalue weighted by molar-refractivity contribution is 0.672. The largest absolute Gasteiger partial charge is 0.0683 e. The van der Waals surface area contributed by atoms with Crippen molar-refractivity contribution in [1.29, 1.82) is 0 Å². The minimum atomic E-state index is -0.0203. The molecule has 0 saturated heterocycles. The van der Waals surface area contributed by atoms with Gasteiger partial charge >= 0.3 is 0 Å². The molecule has 0 heterocycles. The Morgan fingerprint density at radius 2 is 0.818 bits per heavy atom. The van der Waals surface area contributed by atoms with Crippen LogP contribution < -0.4 is 0 Å². The van der Waals surface area contributed by atoms with Crippen molar-refractivity contribution >= 4 is 32.3 Å². The van der Waals surface area contributed by atoms with Crippen LogP contribution in [0.5, 0.6) is 0 Å². The molecule has 0 N–H and O–H groups in total. The van der Waals surface area contributed by atoms with E-state index in [-0.39, 0.29) is 5.41 Å². The van der Waals surface area contributed by atoms with Gasteiger partial charge in [-0.3, -0.25) is 0 Å². The molecule has 0 aromatic heterocycles. The van der Waals surface area contributed by atoms with E-state index in [0.717, 1.165) is 0 Å². The first-order chi connectivity index (χ1) is 16.2.